The van der Waals surface area contributed by atoms with Gasteiger partial charge in [-0.3, -0.25) is 0 Å². The summed E-state index contributed by atoms with van der Waals surface area (Å²) in [6.07, 6.45) is -1.55. The van der Waals surface area contributed by atoms with Gasteiger partial charge in [-0.05, 0) is 0 Å². The van der Waals surface area contributed by atoms with E-state index in [1.54, 1.807) is 14.2 Å². The maximum absolute atomic E-state index is 5.90. The van der Waals surface area contributed by atoms with E-state index in [0.29, 0.717) is 0 Å². The predicted octanol–water partition coefficient (Wildman–Crippen LogP) is 2.96. The number of hydrogen-bond acceptors (Lipinski definition) is 2. The Bertz CT molecular complexity index is 532. The van der Waals surface area contributed by atoms with Crippen molar-refractivity contribution < 1.29 is 9.05 Å². The molecule has 2 rings (SSSR count). The van der Waals surface area contributed by atoms with Gasteiger partial charge < -0.3 is 0 Å². The van der Waals surface area contributed by atoms with Crippen molar-refractivity contribution in [2.45, 2.75) is 0 Å². The van der Waals surface area contributed by atoms with Gasteiger partial charge in [0.25, 0.3) is 0 Å². The van der Waals surface area contributed by atoms with E-state index in [1.165, 1.54) is 10.6 Å². The van der Waals surface area contributed by atoms with Crippen molar-refractivity contribution in [2.24, 2.45) is 0 Å². The molecule has 118 valence electrons. The average Bonchev–Trinajstić information content (AvgIpc) is 2.61. The Hall–Kier alpha value is 0.259. The molecule has 0 spiro atoms. The second-order valence-electron chi connectivity index (χ2n) is 4.83. The molecule has 6 heteroatoms. The molecule has 0 aliphatic heterocycles. The third kappa shape index (κ3) is 4.41. The molecule has 2 aromatic rings. The molecule has 0 radical (unpaired) electrons. The van der Waals surface area contributed by atoms with Crippen molar-refractivity contribution in [3.63, 3.8) is 0 Å². The molecule has 2 atom stereocenters. The van der Waals surface area contributed by atoms with E-state index in [2.05, 4.69) is 79.7 Å². The Morgan fingerprint density at radius 2 is 1.00 bits per heavy atom. The Morgan fingerprint density at radius 3 is 1.27 bits per heavy atom. The van der Waals surface area contributed by atoms with E-state index < -0.39 is 12.4 Å². The third-order valence-electron chi connectivity index (χ3n) is 3.58. The molecule has 0 saturated carbocycles. The summed E-state index contributed by atoms with van der Waals surface area (Å²) in [5.41, 5.74) is 0. The van der Waals surface area contributed by atoms with Crippen LogP contribution in [0.2, 0.25) is 0 Å². The fourth-order valence-corrected chi connectivity index (χ4v) is 11.5. The fourth-order valence-electron chi connectivity index (χ4n) is 2.23. The first kappa shape index (κ1) is 18.6. The molecule has 0 aliphatic rings. The second-order valence-corrected chi connectivity index (χ2v) is 17.6. The summed E-state index contributed by atoms with van der Waals surface area (Å²) in [6.45, 7) is 0. The predicted molar refractivity (Wildman–Crippen MR) is 101 cm³/mol. The van der Waals surface area contributed by atoms with Gasteiger partial charge in [-0.2, -0.15) is 0 Å². The Labute approximate surface area is 150 Å². The number of hydrogen-bond donors (Lipinski definition) is 0. The summed E-state index contributed by atoms with van der Waals surface area (Å²) in [4.78, 5) is 0. The Morgan fingerprint density at radius 1 is 0.682 bits per heavy atom. The fraction of sp³-hybridized carbons (Fsp3) is 0.250. The molecular formula is C16H20O2P2Se2. The summed E-state index contributed by atoms with van der Waals surface area (Å²) in [6, 6.07) is 20.9. The van der Waals surface area contributed by atoms with E-state index in [-0.39, 0.29) is 0 Å². The summed E-state index contributed by atoms with van der Waals surface area (Å²) >= 11 is 6.68. The van der Waals surface area contributed by atoms with Crippen molar-refractivity contribution in [2.75, 3.05) is 26.5 Å². The van der Waals surface area contributed by atoms with Gasteiger partial charge in [-0.1, -0.05) is 0 Å². The minimum atomic E-state index is -1.73. The quantitative estimate of drug-likeness (QED) is 0.464. The van der Waals surface area contributed by atoms with Crippen molar-refractivity contribution in [3.05, 3.63) is 60.7 Å². The van der Waals surface area contributed by atoms with E-state index in [4.69, 9.17) is 9.05 Å². The SMILES string of the molecule is CO[P+]([Se-])(CC[P+]([Se-])(OC)c1ccccc1)c1ccccc1. The molecule has 0 aliphatic carbocycles. The van der Waals surface area contributed by atoms with Crippen LogP contribution in [-0.4, -0.2) is 57.7 Å². The van der Waals surface area contributed by atoms with Crippen LogP contribution in [0.15, 0.2) is 60.7 Å². The summed E-state index contributed by atoms with van der Waals surface area (Å²) in [5.74, 6) is 0. The molecule has 0 N–H and O–H groups in total. The molecule has 0 saturated heterocycles. The molecule has 2 unspecified atom stereocenters. The molecule has 0 fully saturated rings. The summed E-state index contributed by atoms with van der Waals surface area (Å²) < 4.78 is 11.8. The van der Waals surface area contributed by atoms with Gasteiger partial charge in [0.1, 0.15) is 0 Å². The van der Waals surface area contributed by atoms with Crippen LogP contribution in [0.25, 0.3) is 0 Å². The minimum absolute atomic E-state index is 0.955. The van der Waals surface area contributed by atoms with Gasteiger partial charge in [0.15, 0.2) is 0 Å². The van der Waals surface area contributed by atoms with Crippen LogP contribution in [0.5, 0.6) is 0 Å². The first-order chi connectivity index (χ1) is 10.5. The van der Waals surface area contributed by atoms with E-state index in [9.17, 15) is 0 Å². The van der Waals surface area contributed by atoms with Crippen LogP contribution < -0.4 is 10.6 Å². The van der Waals surface area contributed by atoms with Gasteiger partial charge in [0, 0.05) is 0 Å². The molecule has 2 nitrogen and oxygen atoms in total. The Kier molecular flexibility index (Phi) is 7.09. The van der Waals surface area contributed by atoms with Gasteiger partial charge in [0.05, 0.1) is 0 Å². The average molecular weight is 464 g/mol. The zero-order valence-corrected chi connectivity index (χ0v) is 17.9. The number of rotatable bonds is 7. The monoisotopic (exact) mass is 466 g/mol. The van der Waals surface area contributed by atoms with Crippen molar-refractivity contribution in [1.82, 2.24) is 0 Å². The summed E-state index contributed by atoms with van der Waals surface area (Å²) in [7, 11) is 3.60. The normalized spacial score (nSPS) is 16.7. The van der Waals surface area contributed by atoms with Crippen molar-refractivity contribution in [1.29, 1.82) is 0 Å². The van der Waals surface area contributed by atoms with Gasteiger partial charge in [-0.15, -0.1) is 0 Å². The van der Waals surface area contributed by atoms with Gasteiger partial charge in [0.2, 0.25) is 0 Å². The van der Waals surface area contributed by atoms with Gasteiger partial charge >= 0.3 is 150 Å². The van der Waals surface area contributed by atoms with Crippen LogP contribution in [0.3, 0.4) is 0 Å². The van der Waals surface area contributed by atoms with Crippen molar-refractivity contribution in [3.8, 4) is 0 Å². The topological polar surface area (TPSA) is 18.5 Å². The van der Waals surface area contributed by atoms with Gasteiger partial charge in [-0.25, -0.2) is 0 Å². The second kappa shape index (κ2) is 8.38. The van der Waals surface area contributed by atoms with Crippen LogP contribution in [0, 0.1) is 0 Å². The first-order valence-electron chi connectivity index (χ1n) is 6.95. The molecule has 22 heavy (non-hydrogen) atoms. The van der Waals surface area contributed by atoms with Crippen LogP contribution in [0.1, 0.15) is 0 Å². The first-order valence-corrected chi connectivity index (χ1v) is 15.2. The van der Waals surface area contributed by atoms with Crippen LogP contribution in [-0.2, 0) is 9.05 Å². The van der Waals surface area contributed by atoms with Crippen LogP contribution >= 0.6 is 12.4 Å². The zero-order valence-electron chi connectivity index (χ0n) is 12.7. The standard InChI is InChI=1S/C16H20O2P2Se2/c1-17-19(21,15-9-5-3-6-10-15)13-14-20(22,18-2)16-11-7-4-8-12-16/h3-12H,13-14H2,1-2H3. The molecule has 2 aromatic carbocycles. The summed E-state index contributed by atoms with van der Waals surface area (Å²) in [5, 5.41) is 2.52. The van der Waals surface area contributed by atoms with E-state index in [0.717, 1.165) is 12.3 Å². The Balaban J connectivity index is 2.18. The maximum atomic E-state index is 5.90. The zero-order chi connectivity index (χ0) is 16.1. The van der Waals surface area contributed by atoms with Crippen molar-refractivity contribution >= 4 is 54.1 Å². The molecule has 0 amide bonds. The molecular weight excluding hydrogens is 444 g/mol. The van der Waals surface area contributed by atoms with E-state index >= 15 is 0 Å². The molecule has 0 bridgehead atoms. The van der Waals surface area contributed by atoms with Crippen LogP contribution in [0.4, 0.5) is 0 Å². The van der Waals surface area contributed by atoms with E-state index in [1.807, 2.05) is 12.1 Å². The number of benzene rings is 2. The molecule has 0 aromatic heterocycles. The molecule has 0 heterocycles. The third-order valence-corrected chi connectivity index (χ3v) is 15.7.